The van der Waals surface area contributed by atoms with E-state index in [-0.39, 0.29) is 0 Å². The number of para-hydroxylation sites is 1. The summed E-state index contributed by atoms with van der Waals surface area (Å²) in [4.78, 5) is 0. The van der Waals surface area contributed by atoms with Gasteiger partial charge in [0, 0.05) is 18.6 Å². The topological polar surface area (TPSA) is 66.0 Å². The van der Waals surface area contributed by atoms with Crippen LogP contribution in [0.5, 0.6) is 0 Å². The summed E-state index contributed by atoms with van der Waals surface area (Å²) in [7, 11) is -3.97. The highest BCUT2D eigenvalue weighted by Gasteiger charge is 2.36. The number of fused-ring (bicyclic) bond motifs is 3. The summed E-state index contributed by atoms with van der Waals surface area (Å²) in [5, 5.41) is 0. The lowest BCUT2D eigenvalue weighted by atomic mass is 10.1. The summed E-state index contributed by atoms with van der Waals surface area (Å²) in [5.74, 6) is 0. The molecule has 29 heavy (non-hydrogen) atoms. The Morgan fingerprint density at radius 1 is 1.03 bits per heavy atom. The fourth-order valence-electron chi connectivity index (χ4n) is 3.04. The standard InChI is InChI=1S/C19H17N2.CHF3O3S/c1-20-17(12-11-15-7-3-2-4-8-15)14-18-13-16-9-5-6-10-19(16)21(18)20;2-1(3,4)8(5,6)7/h2-12,14H,13H2,1H3;(H,5,6,7)/q+1;/p-1/b12-11+;. The zero-order chi connectivity index (χ0) is 21.2. The molecule has 152 valence electrons. The third-order valence-electron chi connectivity index (χ3n) is 4.38. The van der Waals surface area contributed by atoms with Crippen molar-refractivity contribution in [3.05, 3.63) is 83.2 Å². The molecule has 0 aliphatic carbocycles. The Morgan fingerprint density at radius 3 is 2.24 bits per heavy atom. The van der Waals surface area contributed by atoms with Crippen LogP contribution in [-0.4, -0.2) is 23.2 Å². The van der Waals surface area contributed by atoms with Crippen LogP contribution >= 0.6 is 0 Å². The number of aromatic nitrogens is 2. The quantitative estimate of drug-likeness (QED) is 0.282. The van der Waals surface area contributed by atoms with Crippen LogP contribution < -0.4 is 4.68 Å². The van der Waals surface area contributed by atoms with Crippen molar-refractivity contribution < 1.29 is 30.8 Å². The molecule has 1 aromatic heterocycles. The van der Waals surface area contributed by atoms with E-state index in [4.69, 9.17) is 13.0 Å². The number of rotatable bonds is 2. The van der Waals surface area contributed by atoms with Crippen molar-refractivity contribution in [1.82, 2.24) is 4.68 Å². The number of nitrogens with zero attached hydrogens (tertiary/aromatic N) is 2. The lowest BCUT2D eigenvalue weighted by Gasteiger charge is -2.08. The van der Waals surface area contributed by atoms with Crippen molar-refractivity contribution in [1.29, 1.82) is 0 Å². The lowest BCUT2D eigenvalue weighted by molar-refractivity contribution is -0.745. The van der Waals surface area contributed by atoms with E-state index in [1.165, 1.54) is 28.2 Å². The van der Waals surface area contributed by atoms with Crippen LogP contribution in [0, 0.1) is 0 Å². The predicted octanol–water partition coefficient (Wildman–Crippen LogP) is 3.43. The second kappa shape index (κ2) is 7.84. The zero-order valence-corrected chi connectivity index (χ0v) is 16.1. The normalized spacial score (nSPS) is 13.0. The Labute approximate surface area is 166 Å². The second-order valence-electron chi connectivity index (χ2n) is 6.35. The molecule has 0 bridgehead atoms. The van der Waals surface area contributed by atoms with Crippen LogP contribution in [0.25, 0.3) is 17.8 Å². The number of hydrogen-bond acceptors (Lipinski definition) is 3. The first-order valence-electron chi connectivity index (χ1n) is 8.52. The zero-order valence-electron chi connectivity index (χ0n) is 15.3. The van der Waals surface area contributed by atoms with Crippen molar-refractivity contribution in [3.63, 3.8) is 0 Å². The van der Waals surface area contributed by atoms with Gasteiger partial charge in [-0.3, -0.25) is 0 Å². The van der Waals surface area contributed by atoms with E-state index in [0.29, 0.717) is 0 Å². The summed E-state index contributed by atoms with van der Waals surface area (Å²) >= 11 is 0. The number of alkyl halides is 3. The maximum absolute atomic E-state index is 10.7. The first kappa shape index (κ1) is 20.8. The van der Waals surface area contributed by atoms with Gasteiger partial charge in [-0.25, -0.2) is 8.42 Å². The monoisotopic (exact) mass is 422 g/mol. The third-order valence-corrected chi connectivity index (χ3v) is 4.95. The van der Waals surface area contributed by atoms with Crippen LogP contribution in [0.3, 0.4) is 0 Å². The minimum Gasteiger partial charge on any atom is -0.741 e. The van der Waals surface area contributed by atoms with Gasteiger partial charge in [-0.1, -0.05) is 48.5 Å². The first-order chi connectivity index (χ1) is 13.6. The van der Waals surface area contributed by atoms with E-state index < -0.39 is 15.6 Å². The Bertz CT molecular complexity index is 1150. The van der Waals surface area contributed by atoms with Crippen LogP contribution in [0.2, 0.25) is 0 Å². The Hall–Kier alpha value is -2.91. The Balaban J connectivity index is 0.000000258. The van der Waals surface area contributed by atoms with Gasteiger partial charge in [-0.05, 0) is 23.3 Å². The van der Waals surface area contributed by atoms with E-state index in [9.17, 15) is 13.2 Å². The summed E-state index contributed by atoms with van der Waals surface area (Å²) < 4.78 is 63.4. The van der Waals surface area contributed by atoms with E-state index in [1.54, 1.807) is 0 Å². The highest BCUT2D eigenvalue weighted by Crippen LogP contribution is 2.26. The van der Waals surface area contributed by atoms with Gasteiger partial charge in [-0.2, -0.15) is 13.2 Å². The molecule has 3 aromatic rings. The molecule has 4 rings (SSSR count). The van der Waals surface area contributed by atoms with Crippen molar-refractivity contribution in [2.45, 2.75) is 11.9 Å². The maximum atomic E-state index is 10.7. The van der Waals surface area contributed by atoms with E-state index in [0.717, 1.165) is 6.42 Å². The fourth-order valence-corrected chi connectivity index (χ4v) is 3.04. The molecule has 0 N–H and O–H groups in total. The molecule has 0 atom stereocenters. The Morgan fingerprint density at radius 2 is 1.62 bits per heavy atom. The van der Waals surface area contributed by atoms with E-state index >= 15 is 0 Å². The van der Waals surface area contributed by atoms with Crippen LogP contribution in [0.1, 0.15) is 22.5 Å². The number of hydrogen-bond donors (Lipinski definition) is 0. The van der Waals surface area contributed by atoms with Gasteiger partial charge in [0.15, 0.2) is 17.2 Å². The number of benzene rings is 2. The largest absolute Gasteiger partial charge is 0.741 e. The smallest absolute Gasteiger partial charge is 0.485 e. The molecular formula is C20H17F3N2O3S. The van der Waals surface area contributed by atoms with Gasteiger partial charge in [0.05, 0.1) is 5.69 Å². The minimum atomic E-state index is -6.09. The van der Waals surface area contributed by atoms with Gasteiger partial charge >= 0.3 is 5.51 Å². The summed E-state index contributed by atoms with van der Waals surface area (Å²) in [5.41, 5.74) is 0.863. The van der Waals surface area contributed by atoms with Crippen molar-refractivity contribution in [2.24, 2.45) is 7.05 Å². The predicted molar refractivity (Wildman–Crippen MR) is 101 cm³/mol. The van der Waals surface area contributed by atoms with E-state index in [2.05, 4.69) is 83.2 Å². The molecule has 1 aliphatic heterocycles. The van der Waals surface area contributed by atoms with Crippen molar-refractivity contribution in [2.75, 3.05) is 0 Å². The molecule has 1 aliphatic rings. The molecule has 0 saturated heterocycles. The maximum Gasteiger partial charge on any atom is 0.485 e. The van der Waals surface area contributed by atoms with Crippen molar-refractivity contribution >= 4 is 22.3 Å². The molecule has 2 aromatic carbocycles. The molecule has 0 radical (unpaired) electrons. The molecular weight excluding hydrogens is 405 g/mol. The van der Waals surface area contributed by atoms with Gasteiger partial charge in [0.1, 0.15) is 5.69 Å². The molecule has 9 heteroatoms. The van der Waals surface area contributed by atoms with Gasteiger partial charge in [-0.15, -0.1) is 9.36 Å². The molecule has 2 heterocycles. The van der Waals surface area contributed by atoms with Crippen LogP contribution in [0.4, 0.5) is 13.2 Å². The average molecular weight is 422 g/mol. The molecule has 0 fully saturated rings. The SMILES string of the molecule is C[n+]1c(/C=C/c2ccccc2)cc2n1-c1ccccc1C2.O=S(=O)([O-])C(F)(F)F. The molecule has 0 amide bonds. The van der Waals surface area contributed by atoms with Gasteiger partial charge < -0.3 is 4.55 Å². The Kier molecular flexibility index (Phi) is 5.63. The van der Waals surface area contributed by atoms with Gasteiger partial charge in [0.2, 0.25) is 5.69 Å². The van der Waals surface area contributed by atoms with Crippen molar-refractivity contribution in [3.8, 4) is 5.69 Å². The highest BCUT2D eigenvalue weighted by molar-refractivity contribution is 7.86. The lowest BCUT2D eigenvalue weighted by Crippen LogP contribution is -2.39. The molecule has 5 nitrogen and oxygen atoms in total. The summed E-state index contributed by atoms with van der Waals surface area (Å²) in [6, 6.07) is 21.3. The van der Waals surface area contributed by atoms with Crippen LogP contribution in [-0.2, 0) is 23.6 Å². The van der Waals surface area contributed by atoms with E-state index in [1.807, 2.05) is 6.07 Å². The second-order valence-corrected chi connectivity index (χ2v) is 7.72. The minimum absolute atomic E-state index is 1.02. The molecule has 0 saturated carbocycles. The number of halogens is 3. The summed E-state index contributed by atoms with van der Waals surface area (Å²) in [6.45, 7) is 0. The van der Waals surface area contributed by atoms with Gasteiger partial charge in [0.25, 0.3) is 0 Å². The fraction of sp³-hybridized carbons (Fsp3) is 0.150. The first-order valence-corrected chi connectivity index (χ1v) is 9.93. The van der Waals surface area contributed by atoms with Crippen LogP contribution in [0.15, 0.2) is 60.7 Å². The third kappa shape index (κ3) is 4.57. The highest BCUT2D eigenvalue weighted by atomic mass is 32.2. The molecule has 0 spiro atoms. The molecule has 0 unspecified atom stereocenters. The average Bonchev–Trinajstić information content (AvgIpc) is 3.16. The summed E-state index contributed by atoms with van der Waals surface area (Å²) in [6.07, 6.45) is 5.36.